The van der Waals surface area contributed by atoms with E-state index in [1.807, 2.05) is 37.3 Å². The van der Waals surface area contributed by atoms with E-state index < -0.39 is 17.7 Å². The molecule has 1 saturated heterocycles. The second-order valence-corrected chi connectivity index (χ2v) is 9.38. The molecule has 0 spiro atoms. The van der Waals surface area contributed by atoms with E-state index in [1.165, 1.54) is 0 Å². The maximum Gasteiger partial charge on any atom is 0.295 e. The second kappa shape index (κ2) is 10.3. The van der Waals surface area contributed by atoms with Gasteiger partial charge in [0.05, 0.1) is 24.8 Å². The summed E-state index contributed by atoms with van der Waals surface area (Å²) in [7, 11) is 0. The van der Waals surface area contributed by atoms with Crippen LogP contribution in [0.2, 0.25) is 0 Å². The monoisotopic (exact) mass is 463 g/mol. The highest BCUT2D eigenvalue weighted by Crippen LogP contribution is 2.44. The third-order valence-electron chi connectivity index (χ3n) is 6.37. The first-order valence-electron chi connectivity index (χ1n) is 12.2. The quantitative estimate of drug-likeness (QED) is 0.319. The van der Waals surface area contributed by atoms with Gasteiger partial charge in [-0.25, -0.2) is 0 Å². The first-order chi connectivity index (χ1) is 16.4. The molecule has 1 unspecified atom stereocenters. The smallest absolute Gasteiger partial charge is 0.295 e. The van der Waals surface area contributed by atoms with Crippen LogP contribution in [0.3, 0.4) is 0 Å². The number of Topliss-reactive ketones (excluding diaryl/α,β-unsaturated/α-hetero) is 1. The molecule has 4 rings (SSSR count). The number of hydrogen-bond donors (Lipinski definition) is 1. The number of benzene rings is 2. The van der Waals surface area contributed by atoms with E-state index in [1.54, 1.807) is 23.1 Å². The fourth-order valence-electron chi connectivity index (χ4n) is 4.83. The standard InChI is InChI=1S/C28H33NO5/c1-4-33-22-13-7-9-19(15-22)25-24(27(31)28(32)29(25)21-11-5-6-12-21)26(30)20-10-8-14-23(16-20)34-17-18(2)3/h7-10,13-16,18,21,25,30H,4-6,11-12,17H2,1-3H3/b26-24-. The van der Waals surface area contributed by atoms with E-state index in [0.717, 1.165) is 31.2 Å². The summed E-state index contributed by atoms with van der Waals surface area (Å²) in [4.78, 5) is 28.2. The average molecular weight is 464 g/mol. The molecule has 1 aliphatic carbocycles. The molecule has 6 heteroatoms. The van der Waals surface area contributed by atoms with Gasteiger partial charge in [0, 0.05) is 11.6 Å². The lowest BCUT2D eigenvalue weighted by Gasteiger charge is -2.31. The van der Waals surface area contributed by atoms with Gasteiger partial charge >= 0.3 is 0 Å². The molecule has 34 heavy (non-hydrogen) atoms. The lowest BCUT2D eigenvalue weighted by Crippen LogP contribution is -2.37. The zero-order chi connectivity index (χ0) is 24.2. The highest BCUT2D eigenvalue weighted by Gasteiger charge is 2.49. The molecule has 1 heterocycles. The fraction of sp³-hybridized carbons (Fsp3) is 0.429. The molecule has 1 atom stereocenters. The molecule has 2 aromatic rings. The van der Waals surface area contributed by atoms with Gasteiger partial charge in [0.25, 0.3) is 11.7 Å². The van der Waals surface area contributed by atoms with Crippen molar-refractivity contribution in [2.75, 3.05) is 13.2 Å². The molecule has 180 valence electrons. The van der Waals surface area contributed by atoms with E-state index in [0.29, 0.717) is 36.2 Å². The van der Waals surface area contributed by atoms with Crippen molar-refractivity contribution in [3.05, 3.63) is 65.2 Å². The van der Waals surface area contributed by atoms with Crippen molar-refractivity contribution in [2.45, 2.75) is 58.5 Å². The first-order valence-corrected chi connectivity index (χ1v) is 12.2. The van der Waals surface area contributed by atoms with Crippen molar-refractivity contribution in [2.24, 2.45) is 5.92 Å². The van der Waals surface area contributed by atoms with Gasteiger partial charge in [-0.3, -0.25) is 9.59 Å². The van der Waals surface area contributed by atoms with Crippen molar-refractivity contribution in [1.29, 1.82) is 0 Å². The highest BCUT2D eigenvalue weighted by atomic mass is 16.5. The van der Waals surface area contributed by atoms with Crippen LogP contribution in [-0.2, 0) is 9.59 Å². The minimum atomic E-state index is -0.663. The summed E-state index contributed by atoms with van der Waals surface area (Å²) < 4.78 is 11.5. The number of aliphatic hydroxyl groups is 1. The Balaban J connectivity index is 1.81. The SMILES string of the molecule is CCOc1cccc(C2/C(=C(/O)c3cccc(OCC(C)C)c3)C(=O)C(=O)N2C2CCCC2)c1. The van der Waals surface area contributed by atoms with Gasteiger partial charge in [-0.2, -0.15) is 0 Å². The number of ketones is 1. The Kier molecular flexibility index (Phi) is 7.25. The number of ether oxygens (including phenoxy) is 2. The molecular weight excluding hydrogens is 430 g/mol. The van der Waals surface area contributed by atoms with Gasteiger partial charge in [-0.05, 0) is 55.5 Å². The molecule has 6 nitrogen and oxygen atoms in total. The molecule has 0 bridgehead atoms. The summed E-state index contributed by atoms with van der Waals surface area (Å²) in [6.07, 6.45) is 3.75. The van der Waals surface area contributed by atoms with Crippen molar-refractivity contribution >= 4 is 17.4 Å². The molecule has 0 radical (unpaired) electrons. The lowest BCUT2D eigenvalue weighted by atomic mass is 9.94. The highest BCUT2D eigenvalue weighted by molar-refractivity contribution is 6.46. The van der Waals surface area contributed by atoms with E-state index in [4.69, 9.17) is 9.47 Å². The number of hydrogen-bond acceptors (Lipinski definition) is 5. The van der Waals surface area contributed by atoms with E-state index in [9.17, 15) is 14.7 Å². The molecule has 1 amide bonds. The van der Waals surface area contributed by atoms with E-state index >= 15 is 0 Å². The fourth-order valence-corrected chi connectivity index (χ4v) is 4.83. The van der Waals surface area contributed by atoms with E-state index in [-0.39, 0.29) is 17.4 Å². The van der Waals surface area contributed by atoms with E-state index in [2.05, 4.69) is 13.8 Å². The Bertz CT molecular complexity index is 1080. The molecule has 1 N–H and O–H groups in total. The van der Waals surface area contributed by atoms with Gasteiger partial charge in [-0.15, -0.1) is 0 Å². The second-order valence-electron chi connectivity index (χ2n) is 9.38. The zero-order valence-corrected chi connectivity index (χ0v) is 20.1. The van der Waals surface area contributed by atoms with Crippen LogP contribution in [0.15, 0.2) is 54.1 Å². The zero-order valence-electron chi connectivity index (χ0n) is 20.1. The van der Waals surface area contributed by atoms with Crippen molar-refractivity contribution in [1.82, 2.24) is 4.90 Å². The summed E-state index contributed by atoms with van der Waals surface area (Å²) in [5.74, 6) is 0.253. The molecular formula is C28H33NO5. The number of amides is 1. The van der Waals surface area contributed by atoms with Gasteiger partial charge in [-0.1, -0.05) is 51.0 Å². The van der Waals surface area contributed by atoms with Crippen LogP contribution in [0.4, 0.5) is 0 Å². The van der Waals surface area contributed by atoms with Crippen LogP contribution < -0.4 is 9.47 Å². The van der Waals surface area contributed by atoms with Gasteiger partial charge in [0.15, 0.2) is 0 Å². The summed E-state index contributed by atoms with van der Waals surface area (Å²) in [6, 6.07) is 13.8. The van der Waals surface area contributed by atoms with Gasteiger partial charge < -0.3 is 19.5 Å². The van der Waals surface area contributed by atoms with Crippen molar-refractivity contribution < 1.29 is 24.2 Å². The minimum absolute atomic E-state index is 0.0248. The summed E-state index contributed by atoms with van der Waals surface area (Å²) in [5.41, 5.74) is 1.33. The Morgan fingerprint density at radius 3 is 2.38 bits per heavy atom. The third kappa shape index (κ3) is 4.81. The number of carbonyl (C=O) groups is 2. The van der Waals surface area contributed by atoms with Crippen LogP contribution >= 0.6 is 0 Å². The molecule has 2 aromatic carbocycles. The maximum atomic E-state index is 13.3. The lowest BCUT2D eigenvalue weighted by molar-refractivity contribution is -0.141. The average Bonchev–Trinajstić information content (AvgIpc) is 3.45. The Hall–Kier alpha value is -3.28. The van der Waals surface area contributed by atoms with Crippen LogP contribution in [0, 0.1) is 5.92 Å². The Morgan fingerprint density at radius 2 is 1.71 bits per heavy atom. The van der Waals surface area contributed by atoms with Crippen molar-refractivity contribution in [3.63, 3.8) is 0 Å². The van der Waals surface area contributed by atoms with Gasteiger partial charge in [0.1, 0.15) is 17.3 Å². The largest absolute Gasteiger partial charge is 0.507 e. The number of rotatable bonds is 8. The topological polar surface area (TPSA) is 76.1 Å². The Morgan fingerprint density at radius 1 is 1.03 bits per heavy atom. The predicted molar refractivity (Wildman–Crippen MR) is 131 cm³/mol. The Labute approximate surface area is 201 Å². The number of nitrogens with zero attached hydrogens (tertiary/aromatic N) is 1. The molecule has 1 aliphatic heterocycles. The molecule has 0 aromatic heterocycles. The van der Waals surface area contributed by atoms with Crippen LogP contribution in [-0.4, -0.2) is 41.0 Å². The van der Waals surface area contributed by atoms with Crippen LogP contribution in [0.1, 0.15) is 63.6 Å². The summed E-state index contributed by atoms with van der Waals surface area (Å²) in [5, 5.41) is 11.4. The summed E-state index contributed by atoms with van der Waals surface area (Å²) >= 11 is 0. The van der Waals surface area contributed by atoms with Gasteiger partial charge in [0.2, 0.25) is 0 Å². The number of carbonyl (C=O) groups excluding carboxylic acids is 2. The normalized spacial score (nSPS) is 20.4. The minimum Gasteiger partial charge on any atom is -0.507 e. The summed E-state index contributed by atoms with van der Waals surface area (Å²) in [6.45, 7) is 7.08. The predicted octanol–water partition coefficient (Wildman–Crippen LogP) is 5.48. The maximum absolute atomic E-state index is 13.3. The molecule has 2 aliphatic rings. The van der Waals surface area contributed by atoms with Crippen LogP contribution in [0.25, 0.3) is 5.76 Å². The number of likely N-dealkylation sites (tertiary alicyclic amines) is 1. The number of aliphatic hydroxyl groups excluding tert-OH is 1. The first kappa shape index (κ1) is 23.9. The van der Waals surface area contributed by atoms with Crippen LogP contribution in [0.5, 0.6) is 11.5 Å². The third-order valence-corrected chi connectivity index (χ3v) is 6.37. The molecule has 1 saturated carbocycles. The van der Waals surface area contributed by atoms with Crippen molar-refractivity contribution in [3.8, 4) is 11.5 Å². The molecule has 2 fully saturated rings.